The second-order valence-electron chi connectivity index (χ2n) is 5.02. The zero-order chi connectivity index (χ0) is 13.1. The molecule has 1 N–H and O–H groups in total. The van der Waals surface area contributed by atoms with Crippen molar-refractivity contribution < 1.29 is 9.50 Å². The highest BCUT2D eigenvalue weighted by Gasteiger charge is 2.22. The third kappa shape index (κ3) is 2.65. The van der Waals surface area contributed by atoms with Crippen molar-refractivity contribution in [3.8, 4) is 0 Å². The first-order valence-electron chi connectivity index (χ1n) is 6.50. The molecule has 0 spiro atoms. The summed E-state index contributed by atoms with van der Waals surface area (Å²) in [6, 6.07) is 5.43. The molecule has 0 aliphatic carbocycles. The number of halogens is 1. The van der Waals surface area contributed by atoms with Gasteiger partial charge in [0, 0.05) is 37.8 Å². The average molecular weight is 252 g/mol. The van der Waals surface area contributed by atoms with E-state index in [0.29, 0.717) is 17.3 Å². The van der Waals surface area contributed by atoms with Crippen molar-refractivity contribution in [1.29, 1.82) is 0 Å². The molecule has 1 fully saturated rings. The molecule has 1 heterocycles. The van der Waals surface area contributed by atoms with Crippen LogP contribution in [-0.4, -0.2) is 42.2 Å². The zero-order valence-corrected chi connectivity index (χ0v) is 11.1. The molecule has 0 unspecified atom stereocenters. The number of piperazine rings is 1. The van der Waals surface area contributed by atoms with Crippen LogP contribution >= 0.6 is 0 Å². The third-order valence-electron chi connectivity index (χ3n) is 3.60. The lowest BCUT2D eigenvalue weighted by atomic mass is 10.1. The van der Waals surface area contributed by atoms with Gasteiger partial charge in [-0.2, -0.15) is 0 Å². The first kappa shape index (κ1) is 13.3. The van der Waals surface area contributed by atoms with Crippen molar-refractivity contribution in [1.82, 2.24) is 4.90 Å². The monoisotopic (exact) mass is 252 g/mol. The van der Waals surface area contributed by atoms with E-state index in [2.05, 4.69) is 18.7 Å². The lowest BCUT2D eigenvalue weighted by Crippen LogP contribution is -2.49. The molecule has 1 saturated heterocycles. The molecule has 18 heavy (non-hydrogen) atoms. The fraction of sp³-hybridized carbons (Fsp3) is 0.571. The van der Waals surface area contributed by atoms with Crippen LogP contribution in [0.25, 0.3) is 0 Å². The minimum absolute atomic E-state index is 0.114. The molecule has 0 amide bonds. The van der Waals surface area contributed by atoms with Gasteiger partial charge in [-0.3, -0.25) is 4.90 Å². The SMILES string of the molecule is CC(C)N1CCN(c2c(F)cccc2CO)CC1. The molecule has 4 heteroatoms. The van der Waals surface area contributed by atoms with Gasteiger partial charge < -0.3 is 10.0 Å². The second kappa shape index (κ2) is 5.67. The minimum atomic E-state index is -0.237. The average Bonchev–Trinajstić information content (AvgIpc) is 2.38. The van der Waals surface area contributed by atoms with Crippen molar-refractivity contribution in [3.63, 3.8) is 0 Å². The molecule has 3 nitrogen and oxygen atoms in total. The summed E-state index contributed by atoms with van der Waals surface area (Å²) in [5.41, 5.74) is 1.25. The largest absolute Gasteiger partial charge is 0.392 e. The summed E-state index contributed by atoms with van der Waals surface area (Å²) in [6.45, 7) is 7.75. The first-order chi connectivity index (χ1) is 8.63. The van der Waals surface area contributed by atoms with Gasteiger partial charge in [0.15, 0.2) is 0 Å². The zero-order valence-electron chi connectivity index (χ0n) is 11.1. The van der Waals surface area contributed by atoms with Crippen LogP contribution in [0.1, 0.15) is 19.4 Å². The van der Waals surface area contributed by atoms with Crippen LogP contribution in [0.2, 0.25) is 0 Å². The van der Waals surface area contributed by atoms with Gasteiger partial charge in [0.2, 0.25) is 0 Å². The highest BCUT2D eigenvalue weighted by molar-refractivity contribution is 5.55. The van der Waals surface area contributed by atoms with E-state index in [1.807, 2.05) is 4.90 Å². The number of aliphatic hydroxyl groups is 1. The van der Waals surface area contributed by atoms with Crippen LogP contribution < -0.4 is 4.90 Å². The fourth-order valence-corrected chi connectivity index (χ4v) is 2.50. The minimum Gasteiger partial charge on any atom is -0.392 e. The van der Waals surface area contributed by atoms with Crippen LogP contribution in [-0.2, 0) is 6.61 Å². The number of aliphatic hydroxyl groups excluding tert-OH is 1. The van der Waals surface area contributed by atoms with Gasteiger partial charge >= 0.3 is 0 Å². The van der Waals surface area contributed by atoms with Gasteiger partial charge in [-0.05, 0) is 19.9 Å². The standard InChI is InChI=1S/C14H21FN2O/c1-11(2)16-6-8-17(9-7-16)14-12(10-18)4-3-5-13(14)15/h3-5,11,18H,6-10H2,1-2H3. The van der Waals surface area contributed by atoms with Crippen LogP contribution in [0.15, 0.2) is 18.2 Å². The summed E-state index contributed by atoms with van der Waals surface area (Å²) in [5, 5.41) is 9.31. The smallest absolute Gasteiger partial charge is 0.146 e. The highest BCUT2D eigenvalue weighted by Crippen LogP contribution is 2.26. The van der Waals surface area contributed by atoms with Crippen molar-refractivity contribution in [3.05, 3.63) is 29.6 Å². The van der Waals surface area contributed by atoms with E-state index in [4.69, 9.17) is 0 Å². The molecule has 1 aliphatic rings. The molecule has 0 atom stereocenters. The Bertz CT molecular complexity index is 401. The second-order valence-corrected chi connectivity index (χ2v) is 5.02. The molecule has 0 aromatic heterocycles. The number of hydrogen-bond acceptors (Lipinski definition) is 3. The number of rotatable bonds is 3. The molecular weight excluding hydrogens is 231 g/mol. The van der Waals surface area contributed by atoms with Crippen LogP contribution in [0.4, 0.5) is 10.1 Å². The quantitative estimate of drug-likeness (QED) is 0.889. The molecule has 2 rings (SSSR count). The van der Waals surface area contributed by atoms with E-state index in [-0.39, 0.29) is 12.4 Å². The number of anilines is 1. The maximum absolute atomic E-state index is 13.9. The number of benzene rings is 1. The molecule has 0 saturated carbocycles. The van der Waals surface area contributed by atoms with Crippen LogP contribution in [0, 0.1) is 5.82 Å². The maximum atomic E-state index is 13.9. The van der Waals surface area contributed by atoms with E-state index in [9.17, 15) is 9.50 Å². The Morgan fingerprint density at radius 2 is 1.89 bits per heavy atom. The Labute approximate surface area is 108 Å². The Kier molecular flexibility index (Phi) is 4.19. The summed E-state index contributed by atoms with van der Waals surface area (Å²) in [5.74, 6) is -0.237. The topological polar surface area (TPSA) is 26.7 Å². The van der Waals surface area contributed by atoms with E-state index in [1.165, 1.54) is 6.07 Å². The van der Waals surface area contributed by atoms with E-state index >= 15 is 0 Å². The highest BCUT2D eigenvalue weighted by atomic mass is 19.1. The third-order valence-corrected chi connectivity index (χ3v) is 3.60. The molecule has 1 aromatic rings. The van der Waals surface area contributed by atoms with Crippen molar-refractivity contribution in [2.24, 2.45) is 0 Å². The molecule has 1 aromatic carbocycles. The summed E-state index contributed by atoms with van der Waals surface area (Å²) in [4.78, 5) is 4.43. The molecule has 100 valence electrons. The van der Waals surface area contributed by atoms with Gasteiger partial charge in [-0.25, -0.2) is 4.39 Å². The Morgan fingerprint density at radius 1 is 1.22 bits per heavy atom. The van der Waals surface area contributed by atoms with Crippen molar-refractivity contribution in [2.75, 3.05) is 31.1 Å². The van der Waals surface area contributed by atoms with E-state index in [0.717, 1.165) is 26.2 Å². The lowest BCUT2D eigenvalue weighted by Gasteiger charge is -2.38. The lowest BCUT2D eigenvalue weighted by molar-refractivity contribution is 0.208. The Hall–Kier alpha value is -1.13. The van der Waals surface area contributed by atoms with Gasteiger partial charge in [-0.1, -0.05) is 12.1 Å². The maximum Gasteiger partial charge on any atom is 0.146 e. The predicted molar refractivity (Wildman–Crippen MR) is 71.2 cm³/mol. The van der Waals surface area contributed by atoms with Gasteiger partial charge in [-0.15, -0.1) is 0 Å². The Balaban J connectivity index is 2.14. The van der Waals surface area contributed by atoms with Gasteiger partial charge in [0.1, 0.15) is 5.82 Å². The van der Waals surface area contributed by atoms with Crippen molar-refractivity contribution >= 4 is 5.69 Å². The number of nitrogens with zero attached hydrogens (tertiary/aromatic N) is 2. The van der Waals surface area contributed by atoms with Crippen LogP contribution in [0.5, 0.6) is 0 Å². The normalized spacial score (nSPS) is 17.5. The summed E-state index contributed by atoms with van der Waals surface area (Å²) < 4.78 is 13.9. The van der Waals surface area contributed by atoms with Gasteiger partial charge in [0.25, 0.3) is 0 Å². The summed E-state index contributed by atoms with van der Waals surface area (Å²) in [7, 11) is 0. The first-order valence-corrected chi connectivity index (χ1v) is 6.50. The van der Waals surface area contributed by atoms with E-state index < -0.39 is 0 Å². The number of para-hydroxylation sites is 1. The van der Waals surface area contributed by atoms with Crippen LogP contribution in [0.3, 0.4) is 0 Å². The van der Waals surface area contributed by atoms with Gasteiger partial charge in [0.05, 0.1) is 12.3 Å². The van der Waals surface area contributed by atoms with Crippen molar-refractivity contribution in [2.45, 2.75) is 26.5 Å². The summed E-state index contributed by atoms with van der Waals surface area (Å²) in [6.07, 6.45) is 0. The fourth-order valence-electron chi connectivity index (χ4n) is 2.50. The molecule has 0 bridgehead atoms. The predicted octanol–water partition coefficient (Wildman–Crippen LogP) is 1.85. The van der Waals surface area contributed by atoms with E-state index in [1.54, 1.807) is 12.1 Å². The molecule has 0 radical (unpaired) electrons. The Morgan fingerprint density at radius 3 is 2.44 bits per heavy atom. The summed E-state index contributed by atoms with van der Waals surface area (Å²) >= 11 is 0. The molecule has 1 aliphatic heterocycles. The number of hydrogen-bond donors (Lipinski definition) is 1. The molecular formula is C14H21FN2O.